The zero-order chi connectivity index (χ0) is 15.4. The zero-order valence-corrected chi connectivity index (χ0v) is 13.4. The van der Waals surface area contributed by atoms with Gasteiger partial charge in [0, 0.05) is 13.6 Å². The molecule has 0 aliphatic rings. The third-order valence-corrected chi connectivity index (χ3v) is 3.39. The van der Waals surface area contributed by atoms with Crippen molar-refractivity contribution >= 4 is 5.82 Å². The number of hydrogen-bond donors (Lipinski definition) is 1. The molecule has 114 valence electrons. The summed E-state index contributed by atoms with van der Waals surface area (Å²) < 4.78 is 7.87. The highest BCUT2D eigenvalue weighted by Crippen LogP contribution is 2.31. The quantitative estimate of drug-likeness (QED) is 0.885. The number of aromatic nitrogens is 4. The van der Waals surface area contributed by atoms with Crippen molar-refractivity contribution in [2.24, 2.45) is 7.05 Å². The van der Waals surface area contributed by atoms with Gasteiger partial charge in [0.05, 0.1) is 11.3 Å². The Labute approximate surface area is 125 Å². The maximum atomic E-state index is 6.06. The number of rotatable bonds is 6. The molecule has 2 aromatic rings. The lowest BCUT2D eigenvalue weighted by Gasteiger charge is -2.13. The number of hydrogen-bond acceptors (Lipinski definition) is 5. The summed E-state index contributed by atoms with van der Waals surface area (Å²) in [4.78, 5) is 8.63. The van der Waals surface area contributed by atoms with Gasteiger partial charge in [-0.2, -0.15) is 5.10 Å². The molecule has 0 saturated heterocycles. The van der Waals surface area contributed by atoms with Crippen LogP contribution in [0.5, 0.6) is 11.6 Å². The van der Waals surface area contributed by atoms with Gasteiger partial charge in [0.25, 0.3) is 0 Å². The fourth-order valence-corrected chi connectivity index (χ4v) is 2.28. The van der Waals surface area contributed by atoms with Gasteiger partial charge >= 0.3 is 0 Å². The number of aryl methyl sites for hydroxylation is 2. The number of anilines is 1. The van der Waals surface area contributed by atoms with E-state index < -0.39 is 0 Å². The molecule has 0 unspecified atom stereocenters. The Morgan fingerprint density at radius 3 is 2.57 bits per heavy atom. The van der Waals surface area contributed by atoms with Crippen molar-refractivity contribution in [1.29, 1.82) is 0 Å². The Morgan fingerprint density at radius 1 is 1.24 bits per heavy atom. The Kier molecular flexibility index (Phi) is 4.77. The molecular formula is C15H23N5O. The van der Waals surface area contributed by atoms with E-state index in [2.05, 4.69) is 27.3 Å². The minimum Gasteiger partial charge on any atom is -0.435 e. The van der Waals surface area contributed by atoms with E-state index in [4.69, 9.17) is 4.74 Å². The summed E-state index contributed by atoms with van der Waals surface area (Å²) in [5.74, 6) is 2.24. The first kappa shape index (κ1) is 15.3. The van der Waals surface area contributed by atoms with E-state index in [1.165, 1.54) is 6.33 Å². The molecule has 0 spiro atoms. The lowest BCUT2D eigenvalue weighted by Crippen LogP contribution is -2.06. The van der Waals surface area contributed by atoms with Crippen LogP contribution in [0.15, 0.2) is 6.33 Å². The topological polar surface area (TPSA) is 64.9 Å². The summed E-state index contributed by atoms with van der Waals surface area (Å²) in [7, 11) is 1.91. The van der Waals surface area contributed by atoms with E-state index in [0.717, 1.165) is 47.9 Å². The van der Waals surface area contributed by atoms with Crippen LogP contribution < -0.4 is 10.1 Å². The summed E-state index contributed by atoms with van der Waals surface area (Å²) in [6.07, 6.45) is 3.41. The third kappa shape index (κ3) is 3.15. The van der Waals surface area contributed by atoms with Crippen molar-refractivity contribution in [2.45, 2.75) is 40.5 Å². The van der Waals surface area contributed by atoms with Gasteiger partial charge < -0.3 is 10.1 Å². The van der Waals surface area contributed by atoms with Crippen molar-refractivity contribution in [3.63, 3.8) is 0 Å². The van der Waals surface area contributed by atoms with Gasteiger partial charge in [0.2, 0.25) is 5.88 Å². The van der Waals surface area contributed by atoms with Gasteiger partial charge in [-0.15, -0.1) is 0 Å². The molecule has 2 aromatic heterocycles. The molecule has 0 atom stereocenters. The molecule has 1 N–H and O–H groups in total. The van der Waals surface area contributed by atoms with E-state index in [1.54, 1.807) is 0 Å². The lowest BCUT2D eigenvalue weighted by molar-refractivity contribution is 0.447. The fourth-order valence-electron chi connectivity index (χ4n) is 2.28. The van der Waals surface area contributed by atoms with Crippen LogP contribution in [0.2, 0.25) is 0 Å². The standard InChI is InChI=1S/C15H23N5O/c1-6-8-12-14(16-7-2)17-9-18-15(12)21-13-10(3)19-20(5)11(13)4/h9H,6-8H2,1-5H3,(H,16,17,18). The van der Waals surface area contributed by atoms with E-state index in [0.29, 0.717) is 5.88 Å². The molecule has 0 amide bonds. The van der Waals surface area contributed by atoms with Crippen molar-refractivity contribution < 1.29 is 4.74 Å². The number of nitrogens with one attached hydrogen (secondary N) is 1. The minimum atomic E-state index is 0.613. The second-order valence-corrected chi connectivity index (χ2v) is 5.01. The summed E-state index contributed by atoms with van der Waals surface area (Å²) in [5, 5.41) is 7.64. The summed E-state index contributed by atoms with van der Waals surface area (Å²) >= 11 is 0. The smallest absolute Gasteiger partial charge is 0.227 e. The van der Waals surface area contributed by atoms with E-state index >= 15 is 0 Å². The molecule has 0 saturated carbocycles. The average molecular weight is 289 g/mol. The normalized spacial score (nSPS) is 10.7. The molecule has 21 heavy (non-hydrogen) atoms. The summed E-state index contributed by atoms with van der Waals surface area (Å²) in [5.41, 5.74) is 2.86. The Morgan fingerprint density at radius 2 is 2.00 bits per heavy atom. The van der Waals surface area contributed by atoms with Crippen molar-refractivity contribution in [3.05, 3.63) is 23.3 Å². The van der Waals surface area contributed by atoms with E-state index in [9.17, 15) is 0 Å². The van der Waals surface area contributed by atoms with Crippen LogP contribution in [-0.4, -0.2) is 26.3 Å². The van der Waals surface area contributed by atoms with Gasteiger partial charge in [-0.25, -0.2) is 9.97 Å². The first-order chi connectivity index (χ1) is 10.1. The maximum absolute atomic E-state index is 6.06. The van der Waals surface area contributed by atoms with Crippen LogP contribution in [0.25, 0.3) is 0 Å². The van der Waals surface area contributed by atoms with Crippen LogP contribution in [0.1, 0.15) is 37.2 Å². The molecule has 6 heteroatoms. The molecule has 2 rings (SSSR count). The molecule has 0 fully saturated rings. The Balaban J connectivity index is 2.41. The van der Waals surface area contributed by atoms with Gasteiger partial charge in [-0.1, -0.05) is 13.3 Å². The highest BCUT2D eigenvalue weighted by molar-refractivity contribution is 5.50. The minimum absolute atomic E-state index is 0.613. The van der Waals surface area contributed by atoms with E-state index in [-0.39, 0.29) is 0 Å². The molecule has 0 bridgehead atoms. The first-order valence-corrected chi connectivity index (χ1v) is 7.34. The van der Waals surface area contributed by atoms with Gasteiger partial charge in [0.15, 0.2) is 5.75 Å². The second-order valence-electron chi connectivity index (χ2n) is 5.01. The van der Waals surface area contributed by atoms with Crippen LogP contribution in [0.4, 0.5) is 5.82 Å². The number of ether oxygens (including phenoxy) is 1. The lowest BCUT2D eigenvalue weighted by atomic mass is 10.1. The zero-order valence-electron chi connectivity index (χ0n) is 13.4. The van der Waals surface area contributed by atoms with Crippen LogP contribution >= 0.6 is 0 Å². The Hall–Kier alpha value is -2.11. The summed E-state index contributed by atoms with van der Waals surface area (Å²) in [6, 6.07) is 0. The van der Waals surface area contributed by atoms with E-state index in [1.807, 2.05) is 32.5 Å². The van der Waals surface area contributed by atoms with Gasteiger partial charge in [-0.05, 0) is 27.2 Å². The monoisotopic (exact) mass is 289 g/mol. The molecule has 0 aliphatic heterocycles. The largest absolute Gasteiger partial charge is 0.435 e. The second kappa shape index (κ2) is 6.56. The van der Waals surface area contributed by atoms with Crippen LogP contribution in [-0.2, 0) is 13.5 Å². The molecule has 0 aromatic carbocycles. The highest BCUT2D eigenvalue weighted by Gasteiger charge is 2.17. The third-order valence-electron chi connectivity index (χ3n) is 3.39. The molecule has 2 heterocycles. The highest BCUT2D eigenvalue weighted by atomic mass is 16.5. The van der Waals surface area contributed by atoms with Crippen LogP contribution in [0.3, 0.4) is 0 Å². The Bertz CT molecular complexity index is 621. The summed E-state index contributed by atoms with van der Waals surface area (Å²) in [6.45, 7) is 8.93. The predicted octanol–water partition coefficient (Wildman–Crippen LogP) is 3.00. The first-order valence-electron chi connectivity index (χ1n) is 7.34. The van der Waals surface area contributed by atoms with Gasteiger partial charge in [0.1, 0.15) is 17.8 Å². The molecular weight excluding hydrogens is 266 g/mol. The SMILES string of the molecule is CCCc1c(NCC)ncnc1Oc1c(C)nn(C)c1C. The fraction of sp³-hybridized carbons (Fsp3) is 0.533. The van der Waals surface area contributed by atoms with Crippen LogP contribution in [0, 0.1) is 13.8 Å². The molecule has 0 aliphatic carbocycles. The van der Waals surface area contributed by atoms with Crippen molar-refractivity contribution in [3.8, 4) is 11.6 Å². The number of nitrogens with zero attached hydrogens (tertiary/aromatic N) is 4. The van der Waals surface area contributed by atoms with Crippen molar-refractivity contribution in [2.75, 3.05) is 11.9 Å². The molecule has 0 radical (unpaired) electrons. The van der Waals surface area contributed by atoms with Gasteiger partial charge in [-0.3, -0.25) is 4.68 Å². The predicted molar refractivity (Wildman–Crippen MR) is 82.9 cm³/mol. The molecule has 6 nitrogen and oxygen atoms in total. The average Bonchev–Trinajstić information content (AvgIpc) is 2.69. The maximum Gasteiger partial charge on any atom is 0.227 e. The van der Waals surface area contributed by atoms with Crippen molar-refractivity contribution in [1.82, 2.24) is 19.7 Å².